The summed E-state index contributed by atoms with van der Waals surface area (Å²) in [5.41, 5.74) is 1.20. The van der Waals surface area contributed by atoms with Gasteiger partial charge in [0.05, 0.1) is 29.3 Å². The van der Waals surface area contributed by atoms with Crippen molar-refractivity contribution in [3.63, 3.8) is 0 Å². The highest BCUT2D eigenvalue weighted by Crippen LogP contribution is 2.35. The molecule has 2 rings (SSSR count). The van der Waals surface area contributed by atoms with E-state index in [0.717, 1.165) is 17.2 Å². The molecule has 1 aliphatic carbocycles. The van der Waals surface area contributed by atoms with Crippen LogP contribution in [0.4, 0.5) is 0 Å². The molecule has 0 N–H and O–H groups in total. The lowest BCUT2D eigenvalue weighted by atomic mass is 9.75. The van der Waals surface area contributed by atoms with Gasteiger partial charge in [-0.1, -0.05) is 44.9 Å². The van der Waals surface area contributed by atoms with Crippen LogP contribution in [0.3, 0.4) is 0 Å². The Balaban J connectivity index is 1.83. The average Bonchev–Trinajstić information content (AvgIpc) is 2.47. The van der Waals surface area contributed by atoms with E-state index < -0.39 is 10.8 Å². The third kappa shape index (κ3) is 4.92. The van der Waals surface area contributed by atoms with Crippen LogP contribution in [0.1, 0.15) is 45.6 Å². The lowest BCUT2D eigenvalue weighted by Crippen LogP contribution is -2.35. The van der Waals surface area contributed by atoms with Gasteiger partial charge in [0.25, 0.3) is 0 Å². The molecule has 0 amide bonds. The van der Waals surface area contributed by atoms with Gasteiger partial charge in [-0.3, -0.25) is 4.21 Å². The Bertz CT molecular complexity index is 481. The van der Waals surface area contributed by atoms with Gasteiger partial charge in [0.15, 0.2) is 0 Å². The maximum Gasteiger partial charge on any atom is 0.0608 e. The van der Waals surface area contributed by atoms with Crippen molar-refractivity contribution < 1.29 is 8.95 Å². The number of hydrogen-bond donors (Lipinski definition) is 0. The molecule has 1 aromatic carbocycles. The monoisotopic (exact) mass is 322 g/mol. The molecule has 2 nitrogen and oxygen atoms in total. The maximum absolute atomic E-state index is 12.3. The van der Waals surface area contributed by atoms with Crippen molar-refractivity contribution >= 4 is 10.8 Å². The van der Waals surface area contributed by atoms with Crippen molar-refractivity contribution in [2.45, 2.75) is 58.0 Å². The van der Waals surface area contributed by atoms with Gasteiger partial charge in [-0.05, 0) is 49.7 Å². The largest absolute Gasteiger partial charge is 0.377 e. The molecule has 1 aromatic rings. The zero-order valence-corrected chi connectivity index (χ0v) is 15.2. The van der Waals surface area contributed by atoms with E-state index in [4.69, 9.17) is 4.74 Å². The van der Waals surface area contributed by atoms with E-state index in [1.54, 1.807) is 0 Å². The zero-order chi connectivity index (χ0) is 16.1. The fraction of sp³-hybridized carbons (Fsp3) is 0.684. The van der Waals surface area contributed by atoms with Gasteiger partial charge >= 0.3 is 0 Å². The van der Waals surface area contributed by atoms with Gasteiger partial charge < -0.3 is 4.74 Å². The molecule has 0 bridgehead atoms. The van der Waals surface area contributed by atoms with Crippen LogP contribution in [0.5, 0.6) is 0 Å². The molecule has 1 aliphatic rings. The van der Waals surface area contributed by atoms with Gasteiger partial charge in [0, 0.05) is 4.90 Å². The molecule has 3 heteroatoms. The van der Waals surface area contributed by atoms with Crippen LogP contribution in [0.2, 0.25) is 0 Å². The minimum atomic E-state index is -0.952. The topological polar surface area (TPSA) is 26.3 Å². The molecule has 1 saturated carbocycles. The molecule has 0 heterocycles. The second-order valence-corrected chi connectivity index (χ2v) is 8.67. The fourth-order valence-corrected chi connectivity index (χ4v) is 4.31. The second kappa shape index (κ2) is 8.26. The predicted octanol–water partition coefficient (Wildman–Crippen LogP) is 4.58. The Morgan fingerprint density at radius 1 is 1.23 bits per heavy atom. The molecule has 22 heavy (non-hydrogen) atoms. The lowest BCUT2D eigenvalue weighted by Gasteiger charge is -2.37. The van der Waals surface area contributed by atoms with E-state index >= 15 is 0 Å². The maximum atomic E-state index is 12.3. The molecule has 124 valence electrons. The third-order valence-corrected chi connectivity index (χ3v) is 6.18. The van der Waals surface area contributed by atoms with Crippen molar-refractivity contribution in [3.05, 3.63) is 29.8 Å². The molecular formula is C19H30O2S. The Kier molecular flexibility index (Phi) is 6.64. The van der Waals surface area contributed by atoms with Gasteiger partial charge in [-0.25, -0.2) is 0 Å². The first-order valence-electron chi connectivity index (χ1n) is 8.54. The highest BCUT2D eigenvalue weighted by Gasteiger charge is 2.31. The molecule has 1 unspecified atom stereocenters. The normalized spacial score (nSPS) is 27.0. The van der Waals surface area contributed by atoms with E-state index in [1.807, 2.05) is 31.2 Å². The summed E-state index contributed by atoms with van der Waals surface area (Å²) in [5, 5.41) is 0. The standard InChI is InChI=1S/C19H30O2S/c1-14(2)18-10-7-16(4)13-19(18)21-11-12-22(20)17-8-5-15(3)6-9-17/h5-6,8-9,14,16,18-19H,7,10-13H2,1-4H3/t16-,18+,19-,22?/m1/s1. The second-order valence-electron chi connectivity index (χ2n) is 7.10. The van der Waals surface area contributed by atoms with Crippen LogP contribution in [-0.4, -0.2) is 22.7 Å². The van der Waals surface area contributed by atoms with Crippen molar-refractivity contribution in [1.29, 1.82) is 0 Å². The Labute approximate surface area is 138 Å². The number of hydrogen-bond acceptors (Lipinski definition) is 2. The van der Waals surface area contributed by atoms with Crippen LogP contribution in [0.25, 0.3) is 0 Å². The number of aryl methyl sites for hydroxylation is 1. The van der Waals surface area contributed by atoms with Gasteiger partial charge in [-0.2, -0.15) is 0 Å². The molecule has 0 aromatic heterocycles. The highest BCUT2D eigenvalue weighted by atomic mass is 32.2. The van der Waals surface area contributed by atoms with E-state index in [1.165, 1.54) is 18.4 Å². The first-order chi connectivity index (χ1) is 10.5. The van der Waals surface area contributed by atoms with E-state index in [-0.39, 0.29) is 0 Å². The molecule has 0 spiro atoms. The Morgan fingerprint density at radius 2 is 1.91 bits per heavy atom. The molecule has 0 radical (unpaired) electrons. The fourth-order valence-electron chi connectivity index (χ4n) is 3.39. The SMILES string of the molecule is Cc1ccc(S(=O)CCO[C@@H]2C[C@H](C)CC[C@H]2C(C)C)cc1. The summed E-state index contributed by atoms with van der Waals surface area (Å²) in [6.07, 6.45) is 4.08. The third-order valence-electron chi connectivity index (χ3n) is 4.85. The first kappa shape index (κ1) is 17.7. The van der Waals surface area contributed by atoms with Crippen molar-refractivity contribution in [1.82, 2.24) is 0 Å². The Morgan fingerprint density at radius 3 is 2.55 bits per heavy atom. The van der Waals surface area contributed by atoms with Gasteiger partial charge in [0.1, 0.15) is 0 Å². The predicted molar refractivity (Wildman–Crippen MR) is 93.5 cm³/mol. The number of benzene rings is 1. The number of ether oxygens (including phenoxy) is 1. The van der Waals surface area contributed by atoms with Crippen LogP contribution >= 0.6 is 0 Å². The van der Waals surface area contributed by atoms with Crippen LogP contribution < -0.4 is 0 Å². The molecule has 0 saturated heterocycles. The van der Waals surface area contributed by atoms with Crippen LogP contribution in [0, 0.1) is 24.7 Å². The summed E-state index contributed by atoms with van der Waals surface area (Å²) in [5.74, 6) is 2.67. The first-order valence-corrected chi connectivity index (χ1v) is 9.86. The molecule has 4 atom stereocenters. The summed E-state index contributed by atoms with van der Waals surface area (Å²) in [7, 11) is -0.952. The van der Waals surface area contributed by atoms with Crippen LogP contribution in [-0.2, 0) is 15.5 Å². The smallest absolute Gasteiger partial charge is 0.0608 e. The minimum absolute atomic E-state index is 0.346. The van der Waals surface area contributed by atoms with Crippen LogP contribution in [0.15, 0.2) is 29.2 Å². The summed E-state index contributed by atoms with van der Waals surface area (Å²) < 4.78 is 18.5. The molecule has 0 aliphatic heterocycles. The van der Waals surface area contributed by atoms with Crippen molar-refractivity contribution in [2.75, 3.05) is 12.4 Å². The summed E-state index contributed by atoms with van der Waals surface area (Å²) in [4.78, 5) is 0.909. The minimum Gasteiger partial charge on any atom is -0.377 e. The number of rotatable bonds is 6. The summed E-state index contributed by atoms with van der Waals surface area (Å²) in [6, 6.07) is 7.97. The van der Waals surface area contributed by atoms with E-state index in [9.17, 15) is 4.21 Å². The highest BCUT2D eigenvalue weighted by molar-refractivity contribution is 7.85. The lowest BCUT2D eigenvalue weighted by molar-refractivity contribution is -0.0318. The van der Waals surface area contributed by atoms with Gasteiger partial charge in [0.2, 0.25) is 0 Å². The quantitative estimate of drug-likeness (QED) is 0.766. The molecular weight excluding hydrogens is 292 g/mol. The summed E-state index contributed by atoms with van der Waals surface area (Å²) >= 11 is 0. The Hall–Kier alpha value is -0.670. The van der Waals surface area contributed by atoms with Gasteiger partial charge in [-0.15, -0.1) is 0 Å². The zero-order valence-electron chi connectivity index (χ0n) is 14.4. The van der Waals surface area contributed by atoms with E-state index in [0.29, 0.717) is 30.3 Å². The average molecular weight is 323 g/mol. The van der Waals surface area contributed by atoms with E-state index in [2.05, 4.69) is 20.8 Å². The van der Waals surface area contributed by atoms with Crippen molar-refractivity contribution in [2.24, 2.45) is 17.8 Å². The summed E-state index contributed by atoms with van der Waals surface area (Å²) in [6.45, 7) is 9.55. The molecule has 1 fully saturated rings. The van der Waals surface area contributed by atoms with Crippen molar-refractivity contribution in [3.8, 4) is 0 Å².